The van der Waals surface area contributed by atoms with Gasteiger partial charge in [-0.2, -0.15) is 0 Å². The van der Waals surface area contributed by atoms with Gasteiger partial charge in [-0.3, -0.25) is 10.1 Å². The van der Waals surface area contributed by atoms with E-state index < -0.39 is 0 Å². The van der Waals surface area contributed by atoms with E-state index in [9.17, 15) is 4.79 Å². The average Bonchev–Trinajstić information content (AvgIpc) is 3.21. The highest BCUT2D eigenvalue weighted by Crippen LogP contribution is 2.49. The van der Waals surface area contributed by atoms with E-state index >= 15 is 0 Å². The van der Waals surface area contributed by atoms with E-state index in [2.05, 4.69) is 27.5 Å². The number of fused-ring (bicyclic) bond motifs is 3. The normalized spacial score (nSPS) is 35.5. The van der Waals surface area contributed by atoms with Gasteiger partial charge in [0.15, 0.2) is 0 Å². The second kappa shape index (κ2) is 5.13. The van der Waals surface area contributed by atoms with E-state index in [1.807, 2.05) is 0 Å². The summed E-state index contributed by atoms with van der Waals surface area (Å²) in [5.74, 6) is 2.61. The fourth-order valence-electron chi connectivity index (χ4n) is 4.69. The number of aromatic nitrogens is 2. The van der Waals surface area contributed by atoms with E-state index in [-0.39, 0.29) is 11.9 Å². The SMILES string of the molecule is CC(NC(=O)C1Cc2nc[nH]c2CN1)C1CC2CCC1C2. The number of hydrogen-bond donors (Lipinski definition) is 3. The third-order valence-corrected chi connectivity index (χ3v) is 5.85. The molecule has 1 aromatic rings. The Hall–Kier alpha value is -1.36. The molecule has 2 heterocycles. The molecule has 2 bridgehead atoms. The molecule has 21 heavy (non-hydrogen) atoms. The molecule has 5 heteroatoms. The summed E-state index contributed by atoms with van der Waals surface area (Å²) in [7, 11) is 0. The molecule has 1 amide bonds. The number of H-pyrrole nitrogens is 1. The van der Waals surface area contributed by atoms with Crippen molar-refractivity contribution < 1.29 is 4.79 Å². The van der Waals surface area contributed by atoms with Crippen molar-refractivity contribution in [1.29, 1.82) is 0 Å². The van der Waals surface area contributed by atoms with Gasteiger partial charge in [-0.1, -0.05) is 6.42 Å². The van der Waals surface area contributed by atoms with Crippen LogP contribution in [-0.2, 0) is 17.8 Å². The molecule has 4 rings (SSSR count). The summed E-state index contributed by atoms with van der Waals surface area (Å²) in [6, 6.07) is 0.164. The predicted octanol–water partition coefficient (Wildman–Crippen LogP) is 1.36. The van der Waals surface area contributed by atoms with Crippen molar-refractivity contribution in [1.82, 2.24) is 20.6 Å². The number of carbonyl (C=O) groups excluding carboxylic acids is 1. The molecule has 3 N–H and O–H groups in total. The van der Waals surface area contributed by atoms with Gasteiger partial charge in [-0.15, -0.1) is 0 Å². The van der Waals surface area contributed by atoms with Gasteiger partial charge in [-0.25, -0.2) is 4.98 Å². The highest BCUT2D eigenvalue weighted by molar-refractivity contribution is 5.82. The van der Waals surface area contributed by atoms with E-state index in [0.717, 1.165) is 23.2 Å². The Balaban J connectivity index is 1.36. The summed E-state index contributed by atoms with van der Waals surface area (Å²) in [5, 5.41) is 6.57. The minimum Gasteiger partial charge on any atom is -0.352 e. The molecule has 114 valence electrons. The van der Waals surface area contributed by atoms with Crippen LogP contribution in [0.4, 0.5) is 0 Å². The highest BCUT2D eigenvalue weighted by atomic mass is 16.2. The minimum atomic E-state index is -0.137. The first-order valence-electron chi connectivity index (χ1n) is 8.25. The lowest BCUT2D eigenvalue weighted by atomic mass is 9.84. The third-order valence-electron chi connectivity index (χ3n) is 5.85. The molecule has 0 spiro atoms. The van der Waals surface area contributed by atoms with Crippen LogP contribution in [0.1, 0.15) is 44.0 Å². The van der Waals surface area contributed by atoms with E-state index in [1.165, 1.54) is 25.7 Å². The van der Waals surface area contributed by atoms with E-state index in [1.54, 1.807) is 6.33 Å². The molecule has 2 fully saturated rings. The number of nitrogens with one attached hydrogen (secondary N) is 3. The summed E-state index contributed by atoms with van der Waals surface area (Å²) >= 11 is 0. The molecule has 5 atom stereocenters. The third kappa shape index (κ3) is 2.37. The molecule has 1 aliphatic heterocycles. The first-order valence-corrected chi connectivity index (χ1v) is 8.25. The Morgan fingerprint density at radius 3 is 3.10 bits per heavy atom. The fourth-order valence-corrected chi connectivity index (χ4v) is 4.69. The number of aromatic amines is 1. The molecule has 0 radical (unpaired) electrons. The van der Waals surface area contributed by atoms with Crippen molar-refractivity contribution in [2.45, 2.75) is 57.7 Å². The van der Waals surface area contributed by atoms with Crippen molar-refractivity contribution in [2.75, 3.05) is 0 Å². The molecule has 2 saturated carbocycles. The molecule has 5 nitrogen and oxygen atoms in total. The fraction of sp³-hybridized carbons (Fsp3) is 0.750. The van der Waals surface area contributed by atoms with Crippen molar-refractivity contribution in [2.24, 2.45) is 17.8 Å². The number of imidazole rings is 1. The van der Waals surface area contributed by atoms with Crippen LogP contribution < -0.4 is 10.6 Å². The number of amides is 1. The quantitative estimate of drug-likeness (QED) is 0.786. The van der Waals surface area contributed by atoms with Crippen LogP contribution in [0.15, 0.2) is 6.33 Å². The van der Waals surface area contributed by atoms with Crippen LogP contribution in [0, 0.1) is 17.8 Å². The van der Waals surface area contributed by atoms with Gasteiger partial charge in [0.1, 0.15) is 0 Å². The maximum atomic E-state index is 12.5. The molecule has 0 saturated heterocycles. The first kappa shape index (κ1) is 13.3. The van der Waals surface area contributed by atoms with Crippen LogP contribution in [-0.4, -0.2) is 28.0 Å². The Morgan fingerprint density at radius 1 is 1.43 bits per heavy atom. The van der Waals surface area contributed by atoms with Gasteiger partial charge in [0.25, 0.3) is 0 Å². The average molecular weight is 288 g/mol. The van der Waals surface area contributed by atoms with Crippen LogP contribution in [0.3, 0.4) is 0 Å². The van der Waals surface area contributed by atoms with E-state index in [0.29, 0.717) is 24.9 Å². The minimum absolute atomic E-state index is 0.137. The van der Waals surface area contributed by atoms with Crippen LogP contribution in [0.2, 0.25) is 0 Å². The van der Waals surface area contributed by atoms with Crippen molar-refractivity contribution in [3.63, 3.8) is 0 Å². The molecular weight excluding hydrogens is 264 g/mol. The predicted molar refractivity (Wildman–Crippen MR) is 79.5 cm³/mol. The standard InChI is InChI=1S/C16H24N4O/c1-9(12-5-10-2-3-11(12)4-10)20-16(21)14-6-13-15(7-17-14)19-8-18-13/h8-12,14,17H,2-7H2,1H3,(H,18,19)(H,20,21). The molecule has 2 aliphatic carbocycles. The number of rotatable bonds is 3. The maximum absolute atomic E-state index is 12.5. The second-order valence-corrected chi connectivity index (χ2v) is 7.10. The molecule has 3 aliphatic rings. The number of carbonyl (C=O) groups is 1. The van der Waals surface area contributed by atoms with E-state index in [4.69, 9.17) is 0 Å². The highest BCUT2D eigenvalue weighted by Gasteiger charge is 2.42. The first-order chi connectivity index (χ1) is 10.2. The number of hydrogen-bond acceptors (Lipinski definition) is 3. The van der Waals surface area contributed by atoms with Gasteiger partial charge < -0.3 is 10.3 Å². The van der Waals surface area contributed by atoms with Crippen molar-refractivity contribution in [3.05, 3.63) is 17.7 Å². The van der Waals surface area contributed by atoms with Gasteiger partial charge in [-0.05, 0) is 43.9 Å². The summed E-state index contributed by atoms with van der Waals surface area (Å²) in [4.78, 5) is 19.9. The van der Waals surface area contributed by atoms with Crippen molar-refractivity contribution in [3.8, 4) is 0 Å². The zero-order valence-electron chi connectivity index (χ0n) is 12.6. The monoisotopic (exact) mass is 288 g/mol. The molecule has 0 aromatic carbocycles. The zero-order valence-corrected chi connectivity index (χ0v) is 12.6. The van der Waals surface area contributed by atoms with Crippen LogP contribution in [0.5, 0.6) is 0 Å². The Labute approximate surface area is 125 Å². The Bertz CT molecular complexity index is 540. The van der Waals surface area contributed by atoms with Gasteiger partial charge in [0.05, 0.1) is 23.8 Å². The lowest BCUT2D eigenvalue weighted by molar-refractivity contribution is -0.124. The topological polar surface area (TPSA) is 69.8 Å². The lowest BCUT2D eigenvalue weighted by Crippen LogP contribution is -2.51. The van der Waals surface area contributed by atoms with Gasteiger partial charge in [0.2, 0.25) is 5.91 Å². The molecular formula is C16H24N4O. The summed E-state index contributed by atoms with van der Waals surface area (Å²) in [5.41, 5.74) is 2.14. The smallest absolute Gasteiger partial charge is 0.237 e. The summed E-state index contributed by atoms with van der Waals surface area (Å²) in [6.45, 7) is 2.89. The largest absolute Gasteiger partial charge is 0.352 e. The van der Waals surface area contributed by atoms with Gasteiger partial charge in [0, 0.05) is 19.0 Å². The van der Waals surface area contributed by atoms with Crippen LogP contribution >= 0.6 is 0 Å². The lowest BCUT2D eigenvalue weighted by Gasteiger charge is -2.30. The summed E-state index contributed by atoms with van der Waals surface area (Å²) in [6.07, 6.45) is 7.89. The Morgan fingerprint density at radius 2 is 2.33 bits per heavy atom. The molecule has 5 unspecified atom stereocenters. The zero-order chi connectivity index (χ0) is 14.4. The Kier molecular flexibility index (Phi) is 3.25. The van der Waals surface area contributed by atoms with Crippen LogP contribution in [0.25, 0.3) is 0 Å². The summed E-state index contributed by atoms with van der Waals surface area (Å²) < 4.78 is 0. The maximum Gasteiger partial charge on any atom is 0.237 e. The second-order valence-electron chi connectivity index (χ2n) is 7.10. The molecule has 1 aromatic heterocycles. The number of nitrogens with zero attached hydrogens (tertiary/aromatic N) is 1. The van der Waals surface area contributed by atoms with Crippen molar-refractivity contribution >= 4 is 5.91 Å². The van der Waals surface area contributed by atoms with Gasteiger partial charge >= 0.3 is 0 Å².